The maximum Gasteiger partial charge on any atom is 0.243 e. The number of ether oxygens (including phenoxy) is 1. The molecule has 0 unspecified atom stereocenters. The van der Waals surface area contributed by atoms with Gasteiger partial charge in [0.2, 0.25) is 5.91 Å². The van der Waals surface area contributed by atoms with E-state index in [9.17, 15) is 4.79 Å². The van der Waals surface area contributed by atoms with Crippen LogP contribution in [-0.2, 0) is 11.2 Å². The van der Waals surface area contributed by atoms with Gasteiger partial charge in [-0.3, -0.25) is 4.79 Å². The molecule has 2 rings (SSSR count). The topological polar surface area (TPSA) is 64.4 Å². The second-order valence-corrected chi connectivity index (χ2v) is 6.04. The number of nitrogens with two attached hydrogens (primary N) is 1. The van der Waals surface area contributed by atoms with Gasteiger partial charge in [0.15, 0.2) is 0 Å². The molecular weight excluding hydrogens is 228 g/mol. The van der Waals surface area contributed by atoms with Gasteiger partial charge >= 0.3 is 0 Å². The van der Waals surface area contributed by atoms with Crippen molar-refractivity contribution in [3.63, 3.8) is 0 Å². The molecule has 0 atom stereocenters. The molecule has 4 nitrogen and oxygen atoms in total. The van der Waals surface area contributed by atoms with Crippen molar-refractivity contribution in [2.75, 3.05) is 5.32 Å². The minimum absolute atomic E-state index is 0.169. The van der Waals surface area contributed by atoms with Crippen LogP contribution in [0.4, 0.5) is 5.69 Å². The number of hydrogen-bond donors (Lipinski definition) is 2. The predicted octanol–water partition coefficient (Wildman–Crippen LogP) is 2.08. The fourth-order valence-electron chi connectivity index (χ4n) is 1.98. The molecule has 0 fully saturated rings. The van der Waals surface area contributed by atoms with Crippen molar-refractivity contribution in [3.8, 4) is 5.75 Å². The van der Waals surface area contributed by atoms with Crippen LogP contribution in [0.3, 0.4) is 0 Å². The Kier molecular flexibility index (Phi) is 2.86. The molecule has 98 valence electrons. The maximum atomic E-state index is 11.8. The summed E-state index contributed by atoms with van der Waals surface area (Å²) in [4.78, 5) is 11.8. The fourth-order valence-corrected chi connectivity index (χ4v) is 1.98. The first-order valence-corrected chi connectivity index (χ1v) is 6.10. The number of nitrogens with one attached hydrogen (secondary N) is 1. The van der Waals surface area contributed by atoms with Gasteiger partial charge in [-0.1, -0.05) is 0 Å². The first-order valence-electron chi connectivity index (χ1n) is 6.10. The van der Waals surface area contributed by atoms with Gasteiger partial charge in [0.05, 0.1) is 5.54 Å². The number of anilines is 1. The van der Waals surface area contributed by atoms with E-state index in [2.05, 4.69) is 5.32 Å². The highest BCUT2D eigenvalue weighted by molar-refractivity contribution is 5.97. The molecular formula is C14H20N2O2. The summed E-state index contributed by atoms with van der Waals surface area (Å²) >= 11 is 0. The summed E-state index contributed by atoms with van der Waals surface area (Å²) in [7, 11) is 0. The smallest absolute Gasteiger partial charge is 0.243 e. The van der Waals surface area contributed by atoms with E-state index in [1.165, 1.54) is 0 Å². The summed E-state index contributed by atoms with van der Waals surface area (Å²) in [6.07, 6.45) is 0.845. The lowest BCUT2D eigenvalue weighted by Crippen LogP contribution is -2.45. The standard InChI is InChI=1S/C14H20N2O2/c1-13(2)8-9-7-10(5-6-11(9)18-13)16-12(17)14(3,4)15/h5-7H,8,15H2,1-4H3,(H,16,17). The number of hydrogen-bond acceptors (Lipinski definition) is 3. The summed E-state index contributed by atoms with van der Waals surface area (Å²) in [5, 5.41) is 2.82. The van der Waals surface area contributed by atoms with Crippen LogP contribution in [0.15, 0.2) is 18.2 Å². The van der Waals surface area contributed by atoms with Gasteiger partial charge in [-0.25, -0.2) is 0 Å². The number of carbonyl (C=O) groups excluding carboxylic acids is 1. The zero-order valence-corrected chi connectivity index (χ0v) is 11.3. The van der Waals surface area contributed by atoms with Crippen molar-refractivity contribution in [1.82, 2.24) is 0 Å². The molecule has 1 amide bonds. The van der Waals surface area contributed by atoms with Gasteiger partial charge in [0.25, 0.3) is 0 Å². The molecule has 0 aliphatic carbocycles. The molecule has 1 aromatic rings. The summed E-state index contributed by atoms with van der Waals surface area (Å²) in [5.41, 5.74) is 6.58. The van der Waals surface area contributed by atoms with E-state index in [-0.39, 0.29) is 11.5 Å². The van der Waals surface area contributed by atoms with Gasteiger partial charge in [0.1, 0.15) is 11.4 Å². The van der Waals surface area contributed by atoms with Gasteiger partial charge in [0, 0.05) is 17.7 Å². The normalized spacial score (nSPS) is 16.9. The Morgan fingerprint density at radius 2 is 2.11 bits per heavy atom. The molecule has 0 bridgehead atoms. The predicted molar refractivity (Wildman–Crippen MR) is 71.7 cm³/mol. The second-order valence-electron chi connectivity index (χ2n) is 6.04. The Labute approximate surface area is 108 Å². The third-order valence-electron chi connectivity index (χ3n) is 2.91. The molecule has 0 aromatic heterocycles. The van der Waals surface area contributed by atoms with Gasteiger partial charge in [-0.05, 0) is 45.9 Å². The molecule has 18 heavy (non-hydrogen) atoms. The van der Waals surface area contributed by atoms with Crippen LogP contribution in [-0.4, -0.2) is 17.0 Å². The largest absolute Gasteiger partial charge is 0.487 e. The lowest BCUT2D eigenvalue weighted by molar-refractivity contribution is -0.120. The minimum Gasteiger partial charge on any atom is -0.487 e. The SMILES string of the molecule is CC1(C)Cc2cc(NC(=O)C(C)(C)N)ccc2O1. The number of benzene rings is 1. The number of amides is 1. The molecule has 0 radical (unpaired) electrons. The number of carbonyl (C=O) groups is 1. The van der Waals surface area contributed by atoms with Crippen molar-refractivity contribution in [3.05, 3.63) is 23.8 Å². The highest BCUT2D eigenvalue weighted by Gasteiger charge is 2.30. The van der Waals surface area contributed by atoms with E-state index in [1.54, 1.807) is 13.8 Å². The molecule has 0 saturated carbocycles. The molecule has 0 spiro atoms. The van der Waals surface area contributed by atoms with E-state index in [0.717, 1.165) is 23.4 Å². The molecule has 4 heteroatoms. The summed E-state index contributed by atoms with van der Waals surface area (Å²) in [5.74, 6) is 0.700. The van der Waals surface area contributed by atoms with Gasteiger partial charge in [-0.15, -0.1) is 0 Å². The number of fused-ring (bicyclic) bond motifs is 1. The van der Waals surface area contributed by atoms with E-state index in [1.807, 2.05) is 32.0 Å². The second kappa shape index (κ2) is 3.99. The Hall–Kier alpha value is -1.55. The quantitative estimate of drug-likeness (QED) is 0.842. The summed E-state index contributed by atoms with van der Waals surface area (Å²) in [6.45, 7) is 7.46. The van der Waals surface area contributed by atoms with Crippen LogP contribution in [0.1, 0.15) is 33.3 Å². The third-order valence-corrected chi connectivity index (χ3v) is 2.91. The lowest BCUT2D eigenvalue weighted by Gasteiger charge is -2.18. The van der Waals surface area contributed by atoms with Crippen LogP contribution in [0.25, 0.3) is 0 Å². The molecule has 1 heterocycles. The number of rotatable bonds is 2. The minimum atomic E-state index is -0.880. The average Bonchev–Trinajstić information content (AvgIpc) is 2.49. The Morgan fingerprint density at radius 3 is 2.72 bits per heavy atom. The fraction of sp³-hybridized carbons (Fsp3) is 0.500. The van der Waals surface area contributed by atoms with Gasteiger partial charge < -0.3 is 15.8 Å². The average molecular weight is 248 g/mol. The molecule has 1 aliphatic rings. The van der Waals surface area contributed by atoms with Crippen molar-refractivity contribution in [1.29, 1.82) is 0 Å². The highest BCUT2D eigenvalue weighted by atomic mass is 16.5. The molecule has 0 saturated heterocycles. The molecule has 1 aliphatic heterocycles. The Bertz CT molecular complexity index is 487. The van der Waals surface area contributed by atoms with Crippen LogP contribution in [0.2, 0.25) is 0 Å². The van der Waals surface area contributed by atoms with E-state index in [0.29, 0.717) is 0 Å². The summed E-state index contributed by atoms with van der Waals surface area (Å²) < 4.78 is 5.78. The van der Waals surface area contributed by atoms with E-state index >= 15 is 0 Å². The van der Waals surface area contributed by atoms with Crippen LogP contribution >= 0.6 is 0 Å². The van der Waals surface area contributed by atoms with Crippen molar-refractivity contribution < 1.29 is 9.53 Å². The monoisotopic (exact) mass is 248 g/mol. The van der Waals surface area contributed by atoms with Crippen molar-refractivity contribution >= 4 is 11.6 Å². The highest BCUT2D eigenvalue weighted by Crippen LogP contribution is 2.36. The third kappa shape index (κ3) is 2.64. The van der Waals surface area contributed by atoms with Crippen molar-refractivity contribution in [2.24, 2.45) is 5.73 Å². The zero-order valence-electron chi connectivity index (χ0n) is 11.3. The first-order chi connectivity index (χ1) is 8.17. The zero-order chi connectivity index (χ0) is 13.6. The molecule has 1 aromatic carbocycles. The van der Waals surface area contributed by atoms with Gasteiger partial charge in [-0.2, -0.15) is 0 Å². The first kappa shape index (κ1) is 12.9. The van der Waals surface area contributed by atoms with Crippen LogP contribution in [0.5, 0.6) is 5.75 Å². The molecule has 3 N–H and O–H groups in total. The maximum absolute atomic E-state index is 11.8. The van der Waals surface area contributed by atoms with Crippen molar-refractivity contribution in [2.45, 2.75) is 45.3 Å². The lowest BCUT2D eigenvalue weighted by atomic mass is 10.0. The van der Waals surface area contributed by atoms with E-state index < -0.39 is 5.54 Å². The van der Waals surface area contributed by atoms with E-state index in [4.69, 9.17) is 10.5 Å². The van der Waals surface area contributed by atoms with Crippen LogP contribution < -0.4 is 15.8 Å². The van der Waals surface area contributed by atoms with Crippen LogP contribution in [0, 0.1) is 0 Å². The Morgan fingerprint density at radius 1 is 1.44 bits per heavy atom. The summed E-state index contributed by atoms with van der Waals surface area (Å²) in [6, 6.07) is 5.68. The Balaban J connectivity index is 2.17.